The lowest BCUT2D eigenvalue weighted by Crippen LogP contribution is -2.44. The number of nitrogens with zero attached hydrogens (tertiary/aromatic N) is 6. The van der Waals surface area contributed by atoms with Gasteiger partial charge in [-0.3, -0.25) is 4.40 Å². The van der Waals surface area contributed by atoms with Crippen molar-refractivity contribution in [1.29, 1.82) is 0 Å². The van der Waals surface area contributed by atoms with Gasteiger partial charge in [-0.1, -0.05) is 22.9 Å². The van der Waals surface area contributed by atoms with E-state index in [0.29, 0.717) is 48.5 Å². The number of fused-ring (bicyclic) bond motifs is 1. The van der Waals surface area contributed by atoms with Gasteiger partial charge in [-0.25, -0.2) is 31.3 Å². The van der Waals surface area contributed by atoms with Gasteiger partial charge in [0.15, 0.2) is 21.0 Å². The Balaban J connectivity index is 1.68. The molecule has 1 saturated heterocycles. The molecule has 2 aliphatic rings. The first-order chi connectivity index (χ1) is 16.1. The van der Waals surface area contributed by atoms with Crippen LogP contribution in [0.15, 0.2) is 17.2 Å². The number of alkyl halides is 3. The number of imidazole rings is 1. The number of sulfonamides is 1. The molecule has 5 rings (SSSR count). The Morgan fingerprint density at radius 1 is 1.24 bits per heavy atom. The fourth-order valence-electron chi connectivity index (χ4n) is 3.88. The molecule has 0 radical (unpaired) electrons. The molecule has 1 N–H and O–H groups in total. The summed E-state index contributed by atoms with van der Waals surface area (Å²) >= 11 is 7.13. The lowest BCUT2D eigenvalue weighted by atomic mass is 10.2. The molecule has 3 aromatic rings. The Labute approximate surface area is 202 Å². The van der Waals surface area contributed by atoms with Crippen LogP contribution in [-0.4, -0.2) is 78.3 Å². The van der Waals surface area contributed by atoms with Gasteiger partial charge in [0, 0.05) is 32.4 Å². The van der Waals surface area contributed by atoms with Crippen molar-refractivity contribution in [2.24, 2.45) is 0 Å². The number of rotatable bonds is 7. The van der Waals surface area contributed by atoms with Crippen LogP contribution in [0, 0.1) is 0 Å². The second-order valence-corrected chi connectivity index (χ2v) is 11.6. The normalized spacial score (nSPS) is 18.8. The summed E-state index contributed by atoms with van der Waals surface area (Å²) in [6.07, 6.45) is -0.660. The minimum atomic E-state index is -4.10. The minimum Gasteiger partial charge on any atom is -0.367 e. The van der Waals surface area contributed by atoms with Crippen molar-refractivity contribution < 1.29 is 21.6 Å². The van der Waals surface area contributed by atoms with Crippen LogP contribution in [0.2, 0.25) is 5.15 Å². The summed E-state index contributed by atoms with van der Waals surface area (Å²) in [5.41, 5.74) is -0.119. The highest BCUT2D eigenvalue weighted by atomic mass is 35.5. The predicted octanol–water partition coefficient (Wildman–Crippen LogP) is 2.98. The number of aromatic nitrogens is 4. The summed E-state index contributed by atoms with van der Waals surface area (Å²) < 4.78 is 70.0. The zero-order valence-corrected chi connectivity index (χ0v) is 20.4. The smallest absolute Gasteiger partial charge is 0.291 e. The largest absolute Gasteiger partial charge is 0.367 e. The number of hydrogen-bond acceptors (Lipinski definition) is 8. The van der Waals surface area contributed by atoms with E-state index in [9.17, 15) is 21.6 Å². The molecular weight excluding hydrogens is 515 g/mol. The Morgan fingerprint density at radius 2 is 1.94 bits per heavy atom. The molecule has 3 aromatic heterocycles. The zero-order valence-electron chi connectivity index (χ0n) is 18.0. The first kappa shape index (κ1) is 23.7. The number of nitrogens with one attached hydrogen (secondary N) is 1. The van der Waals surface area contributed by atoms with Gasteiger partial charge in [0.2, 0.25) is 10.0 Å². The molecule has 1 saturated carbocycles. The maximum absolute atomic E-state index is 13.4. The van der Waals surface area contributed by atoms with E-state index >= 15 is 0 Å². The molecular formula is C19H21ClF3N7O2S2. The van der Waals surface area contributed by atoms with Crippen LogP contribution in [-0.2, 0) is 10.0 Å². The highest BCUT2D eigenvalue weighted by Crippen LogP contribution is 2.39. The maximum atomic E-state index is 13.4. The fraction of sp³-hybridized carbons (Fsp3) is 0.526. The van der Waals surface area contributed by atoms with Crippen LogP contribution in [0.3, 0.4) is 0 Å². The molecule has 1 aliphatic heterocycles. The van der Waals surface area contributed by atoms with Crippen molar-refractivity contribution in [3.8, 4) is 10.8 Å². The van der Waals surface area contributed by atoms with Crippen LogP contribution in [0.1, 0.15) is 24.3 Å². The van der Waals surface area contributed by atoms with Crippen molar-refractivity contribution in [1.82, 2.24) is 29.2 Å². The quantitative estimate of drug-likeness (QED) is 0.497. The van der Waals surface area contributed by atoms with Crippen molar-refractivity contribution in [3.63, 3.8) is 0 Å². The predicted molar refractivity (Wildman–Crippen MR) is 122 cm³/mol. The van der Waals surface area contributed by atoms with E-state index in [1.807, 2.05) is 11.9 Å². The Hall–Kier alpha value is -2.00. The lowest BCUT2D eigenvalue weighted by molar-refractivity contribution is 0.150. The fourth-order valence-corrected chi connectivity index (χ4v) is 6.30. The van der Waals surface area contributed by atoms with Gasteiger partial charge in [0.25, 0.3) is 6.43 Å². The van der Waals surface area contributed by atoms with E-state index in [4.69, 9.17) is 11.6 Å². The van der Waals surface area contributed by atoms with Crippen LogP contribution in [0.5, 0.6) is 0 Å². The molecule has 184 valence electrons. The zero-order chi connectivity index (χ0) is 24.3. The monoisotopic (exact) mass is 535 g/mol. The van der Waals surface area contributed by atoms with E-state index in [1.54, 1.807) is 0 Å². The van der Waals surface area contributed by atoms with Gasteiger partial charge < -0.3 is 9.80 Å². The average Bonchev–Trinajstić information content (AvgIpc) is 3.24. The third-order valence-electron chi connectivity index (χ3n) is 6.08. The minimum absolute atomic E-state index is 0.0754. The van der Waals surface area contributed by atoms with Crippen LogP contribution < -0.4 is 9.62 Å². The summed E-state index contributed by atoms with van der Waals surface area (Å²) in [5, 5.41) is 6.99. The molecule has 0 spiro atoms. The van der Waals surface area contributed by atoms with E-state index in [0.717, 1.165) is 13.1 Å². The van der Waals surface area contributed by atoms with Gasteiger partial charge in [0.05, 0.1) is 11.2 Å². The summed E-state index contributed by atoms with van der Waals surface area (Å²) in [6, 6.07) is 1.50. The number of pyridine rings is 1. The third-order valence-corrected chi connectivity index (χ3v) is 8.82. The Morgan fingerprint density at radius 3 is 2.53 bits per heavy atom. The van der Waals surface area contributed by atoms with E-state index < -0.39 is 33.7 Å². The molecule has 0 bridgehead atoms. The molecule has 0 atom stereocenters. The molecule has 1 aliphatic carbocycles. The van der Waals surface area contributed by atoms with Crippen LogP contribution in [0.25, 0.3) is 16.3 Å². The van der Waals surface area contributed by atoms with E-state index in [-0.39, 0.29) is 20.9 Å². The molecule has 34 heavy (non-hydrogen) atoms. The number of likely N-dealkylation sites (N-methyl/N-ethyl adjacent to an activating group) is 1. The van der Waals surface area contributed by atoms with Crippen molar-refractivity contribution >= 4 is 44.2 Å². The van der Waals surface area contributed by atoms with Crippen molar-refractivity contribution in [2.75, 3.05) is 44.8 Å². The van der Waals surface area contributed by atoms with E-state index in [2.05, 4.69) is 24.8 Å². The summed E-state index contributed by atoms with van der Waals surface area (Å²) in [4.78, 5) is 8.34. The van der Waals surface area contributed by atoms with Crippen molar-refractivity contribution in [3.05, 3.63) is 22.4 Å². The van der Waals surface area contributed by atoms with E-state index in [1.165, 1.54) is 16.7 Å². The lowest BCUT2D eigenvalue weighted by Gasteiger charge is -2.34. The third kappa shape index (κ3) is 4.26. The van der Waals surface area contributed by atoms with Crippen molar-refractivity contribution in [2.45, 2.75) is 29.7 Å². The maximum Gasteiger partial charge on any atom is 0.291 e. The van der Waals surface area contributed by atoms with Gasteiger partial charge in [-0.2, -0.15) is 0 Å². The van der Waals surface area contributed by atoms with Gasteiger partial charge in [-0.15, -0.1) is 10.2 Å². The summed E-state index contributed by atoms with van der Waals surface area (Å²) in [5.74, 6) is 0.100. The molecule has 0 amide bonds. The second kappa shape index (κ2) is 8.59. The summed E-state index contributed by atoms with van der Waals surface area (Å²) in [6.45, 7) is 1.92. The molecule has 9 nitrogen and oxygen atoms in total. The van der Waals surface area contributed by atoms with Crippen LogP contribution >= 0.6 is 22.9 Å². The first-order valence-electron chi connectivity index (χ1n) is 10.5. The Bertz CT molecular complexity index is 1340. The van der Waals surface area contributed by atoms with Gasteiger partial charge in [-0.05, 0) is 26.0 Å². The first-order valence-corrected chi connectivity index (χ1v) is 13.2. The molecule has 2 fully saturated rings. The standard InChI is InChI=1S/C19H21ClF3N7O2S2/c1-28-4-6-29(7-5-28)12-8-11(34(31,32)27-19(10-21)2-3-19)9-30-13(12)14(20)24-16(30)18-26-25-17(33-18)15(22)23/h8-9,15,27H,2-7,10H2,1H3. The highest BCUT2D eigenvalue weighted by Gasteiger charge is 2.46. The van der Waals surface area contributed by atoms with Gasteiger partial charge in [0.1, 0.15) is 17.1 Å². The summed E-state index contributed by atoms with van der Waals surface area (Å²) in [7, 11) is -2.11. The number of piperazine rings is 1. The SMILES string of the molecule is CN1CCN(c2cc(S(=O)(=O)NC3(CF)CC3)cn3c(-c4nnc(C(F)F)s4)nc(Cl)c23)CC1. The second-order valence-electron chi connectivity index (χ2n) is 8.56. The van der Waals surface area contributed by atoms with Gasteiger partial charge >= 0.3 is 0 Å². The molecule has 15 heteroatoms. The van der Waals surface area contributed by atoms with Crippen LogP contribution in [0.4, 0.5) is 18.9 Å². The number of anilines is 1. The molecule has 4 heterocycles. The highest BCUT2D eigenvalue weighted by molar-refractivity contribution is 7.89. The molecule has 0 unspecified atom stereocenters. The number of halogens is 4. The average molecular weight is 536 g/mol. The molecule has 0 aromatic carbocycles. The number of hydrogen-bond donors (Lipinski definition) is 1. The topological polar surface area (TPSA) is 95.7 Å². The Kier molecular flexibility index (Phi) is 5.99.